The Bertz CT molecular complexity index is 649. The average Bonchev–Trinajstić information content (AvgIpc) is 2.57. The number of aliphatic hydroxyl groups is 5. The lowest BCUT2D eigenvalue weighted by atomic mass is 9.95. The van der Waals surface area contributed by atoms with Crippen LogP contribution >= 0.6 is 0 Å². The van der Waals surface area contributed by atoms with Crippen LogP contribution in [0.15, 0.2) is 18.2 Å². The van der Waals surface area contributed by atoms with E-state index in [9.17, 15) is 45.4 Å². The molecule has 1 aromatic rings. The summed E-state index contributed by atoms with van der Waals surface area (Å²) in [6, 6.07) is 2.02. The largest absolute Gasteiger partial charge is 0.394 e. The molecule has 24 heavy (non-hydrogen) atoms. The van der Waals surface area contributed by atoms with E-state index in [0.717, 1.165) is 12.1 Å². The zero-order valence-electron chi connectivity index (χ0n) is 11.9. The molecule has 12 heteroatoms. The molecule has 0 saturated carbocycles. The first-order valence-corrected chi connectivity index (χ1v) is 6.42. The molecule has 0 amide bonds. The first-order chi connectivity index (χ1) is 11.1. The number of nitro groups is 2. The third-order valence-corrected chi connectivity index (χ3v) is 3.18. The zero-order chi connectivity index (χ0) is 18.6. The predicted octanol–water partition coefficient (Wildman–Crippen LogP) is -1.88. The van der Waals surface area contributed by atoms with Crippen molar-refractivity contribution >= 4 is 17.2 Å². The number of non-ortho nitro benzene ring substituents is 1. The lowest BCUT2D eigenvalue weighted by Crippen LogP contribution is -2.48. The van der Waals surface area contributed by atoms with Gasteiger partial charge in [-0.05, 0) is 6.07 Å². The van der Waals surface area contributed by atoms with E-state index in [-0.39, 0.29) is 0 Å². The van der Waals surface area contributed by atoms with Crippen molar-refractivity contribution in [2.24, 2.45) is 0 Å². The van der Waals surface area contributed by atoms with Crippen molar-refractivity contribution in [3.8, 4) is 0 Å². The zero-order valence-corrected chi connectivity index (χ0v) is 11.9. The number of hydrogen-bond donors (Lipinski definition) is 5. The summed E-state index contributed by atoms with van der Waals surface area (Å²) < 4.78 is 0. The number of hydrogen-bond acceptors (Lipinski definition) is 10. The van der Waals surface area contributed by atoms with Crippen LogP contribution in [0.1, 0.15) is 10.4 Å². The normalized spacial score (nSPS) is 16.0. The molecular weight excluding hydrogens is 332 g/mol. The van der Waals surface area contributed by atoms with Gasteiger partial charge in [-0.25, -0.2) is 0 Å². The lowest BCUT2D eigenvalue weighted by Gasteiger charge is -2.24. The van der Waals surface area contributed by atoms with Crippen LogP contribution in [0.2, 0.25) is 0 Å². The van der Waals surface area contributed by atoms with E-state index >= 15 is 0 Å². The number of benzene rings is 1. The Labute approximate surface area is 133 Å². The standard InChI is InChI=1S/C12H14N2O10/c15-4-8(16)10(18)12(20)11(19)9(17)6-2-1-5(13(21)22)3-7(6)14(23)24/h1-3,8,10-12,15-16,18-20H,4H2/t8-,10-,11+,12+/m1/s1. The summed E-state index contributed by atoms with van der Waals surface area (Å²) in [5, 5.41) is 68.2. The third kappa shape index (κ3) is 4.06. The monoisotopic (exact) mass is 346 g/mol. The van der Waals surface area contributed by atoms with Crippen molar-refractivity contribution in [1.29, 1.82) is 0 Å². The van der Waals surface area contributed by atoms with Gasteiger partial charge in [0.25, 0.3) is 11.4 Å². The smallest absolute Gasteiger partial charge is 0.287 e. The highest BCUT2D eigenvalue weighted by molar-refractivity contribution is 6.03. The molecule has 0 bridgehead atoms. The van der Waals surface area contributed by atoms with E-state index in [1.165, 1.54) is 0 Å². The second kappa shape index (κ2) is 7.85. The molecule has 0 aliphatic rings. The van der Waals surface area contributed by atoms with Crippen molar-refractivity contribution in [1.82, 2.24) is 0 Å². The molecule has 0 aromatic heterocycles. The molecule has 0 unspecified atom stereocenters. The van der Waals surface area contributed by atoms with Crippen molar-refractivity contribution in [2.45, 2.75) is 24.4 Å². The fourth-order valence-electron chi connectivity index (χ4n) is 1.83. The van der Waals surface area contributed by atoms with Crippen LogP contribution in [0, 0.1) is 20.2 Å². The van der Waals surface area contributed by atoms with Crippen molar-refractivity contribution in [2.75, 3.05) is 6.61 Å². The van der Waals surface area contributed by atoms with Crippen LogP contribution in [0.5, 0.6) is 0 Å². The first-order valence-electron chi connectivity index (χ1n) is 6.42. The van der Waals surface area contributed by atoms with Gasteiger partial charge in [0.2, 0.25) is 5.78 Å². The van der Waals surface area contributed by atoms with E-state index in [2.05, 4.69) is 0 Å². The van der Waals surface area contributed by atoms with Crippen LogP contribution < -0.4 is 0 Å². The number of rotatable bonds is 8. The highest BCUT2D eigenvalue weighted by Gasteiger charge is 2.37. The molecule has 12 nitrogen and oxygen atoms in total. The maximum Gasteiger partial charge on any atom is 0.287 e. The van der Waals surface area contributed by atoms with E-state index in [1.807, 2.05) is 0 Å². The van der Waals surface area contributed by atoms with Gasteiger partial charge < -0.3 is 25.5 Å². The quantitative estimate of drug-likeness (QED) is 0.201. The summed E-state index contributed by atoms with van der Waals surface area (Å²) in [5.41, 5.74) is -2.37. The molecule has 0 saturated heterocycles. The molecule has 5 N–H and O–H groups in total. The van der Waals surface area contributed by atoms with Crippen LogP contribution in [-0.2, 0) is 0 Å². The van der Waals surface area contributed by atoms with Crippen molar-refractivity contribution in [3.05, 3.63) is 44.0 Å². The van der Waals surface area contributed by atoms with Gasteiger partial charge in [-0.15, -0.1) is 0 Å². The third-order valence-electron chi connectivity index (χ3n) is 3.18. The fraction of sp³-hybridized carbons (Fsp3) is 0.417. The van der Waals surface area contributed by atoms with Crippen molar-refractivity contribution < 1.29 is 40.2 Å². The maximum absolute atomic E-state index is 12.1. The molecule has 1 aromatic carbocycles. The number of carbonyl (C=O) groups is 1. The highest BCUT2D eigenvalue weighted by atomic mass is 16.6. The van der Waals surface area contributed by atoms with E-state index < -0.39 is 63.6 Å². The van der Waals surface area contributed by atoms with Gasteiger partial charge in [0, 0.05) is 6.07 Å². The predicted molar refractivity (Wildman–Crippen MR) is 75.2 cm³/mol. The van der Waals surface area contributed by atoms with E-state index in [4.69, 9.17) is 5.11 Å². The van der Waals surface area contributed by atoms with Gasteiger partial charge in [0.15, 0.2) is 0 Å². The molecule has 4 atom stereocenters. The summed E-state index contributed by atoms with van der Waals surface area (Å²) in [4.78, 5) is 31.6. The molecule has 0 aliphatic heterocycles. The fourth-order valence-corrected chi connectivity index (χ4v) is 1.83. The second-order valence-corrected chi connectivity index (χ2v) is 4.76. The number of carbonyl (C=O) groups excluding carboxylic acids is 1. The number of nitro benzene ring substituents is 2. The minimum Gasteiger partial charge on any atom is -0.394 e. The van der Waals surface area contributed by atoms with Gasteiger partial charge in [-0.2, -0.15) is 0 Å². The molecule has 0 radical (unpaired) electrons. The van der Waals surface area contributed by atoms with Gasteiger partial charge in [-0.3, -0.25) is 25.0 Å². The molecule has 0 aliphatic carbocycles. The molecule has 132 valence electrons. The van der Waals surface area contributed by atoms with Crippen LogP contribution in [-0.4, -0.2) is 72.2 Å². The molecule has 0 heterocycles. The first kappa shape index (κ1) is 19.5. The molecule has 0 fully saturated rings. The Morgan fingerprint density at radius 1 is 1.04 bits per heavy atom. The molecule has 1 rings (SSSR count). The minimum atomic E-state index is -2.37. The van der Waals surface area contributed by atoms with Gasteiger partial charge >= 0.3 is 0 Å². The summed E-state index contributed by atoms with van der Waals surface area (Å²) in [6.45, 7) is -0.975. The average molecular weight is 346 g/mol. The summed E-state index contributed by atoms with van der Waals surface area (Å²) in [5.74, 6) is -1.40. The SMILES string of the molecule is O=C(c1ccc([N+](=O)[O-])cc1[N+](=O)[O-])[C@H](O)[C@@H](O)[C@H](O)[C@H](O)CO. The summed E-state index contributed by atoms with van der Waals surface area (Å²) in [7, 11) is 0. The summed E-state index contributed by atoms with van der Waals surface area (Å²) >= 11 is 0. The summed E-state index contributed by atoms with van der Waals surface area (Å²) in [6.07, 6.45) is -8.60. The molecular formula is C12H14N2O10. The van der Waals surface area contributed by atoms with Crippen molar-refractivity contribution in [3.63, 3.8) is 0 Å². The molecule has 0 spiro atoms. The Kier molecular flexibility index (Phi) is 6.39. The van der Waals surface area contributed by atoms with Crippen LogP contribution in [0.3, 0.4) is 0 Å². The second-order valence-electron chi connectivity index (χ2n) is 4.76. The topological polar surface area (TPSA) is 204 Å². The Morgan fingerprint density at radius 2 is 1.62 bits per heavy atom. The number of ketones is 1. The number of Topliss-reactive ketones (excluding diaryl/α,β-unsaturated/α-hetero) is 1. The van der Waals surface area contributed by atoms with Gasteiger partial charge in [0.05, 0.1) is 28.1 Å². The van der Waals surface area contributed by atoms with Gasteiger partial charge in [-0.1, -0.05) is 0 Å². The number of aliphatic hydroxyl groups excluding tert-OH is 5. The lowest BCUT2D eigenvalue weighted by molar-refractivity contribution is -0.394. The van der Waals surface area contributed by atoms with Gasteiger partial charge in [0.1, 0.15) is 24.4 Å². The Hall–Kier alpha value is -2.51. The van der Waals surface area contributed by atoms with Crippen LogP contribution in [0.4, 0.5) is 11.4 Å². The van der Waals surface area contributed by atoms with E-state index in [1.54, 1.807) is 0 Å². The highest BCUT2D eigenvalue weighted by Crippen LogP contribution is 2.26. The Morgan fingerprint density at radius 3 is 2.08 bits per heavy atom. The maximum atomic E-state index is 12.1. The minimum absolute atomic E-state index is 0.505. The number of nitrogens with zero attached hydrogens (tertiary/aromatic N) is 2. The Balaban J connectivity index is 3.18. The van der Waals surface area contributed by atoms with Crippen LogP contribution in [0.25, 0.3) is 0 Å². The van der Waals surface area contributed by atoms with E-state index in [0.29, 0.717) is 6.07 Å².